The van der Waals surface area contributed by atoms with Crippen LogP contribution in [0.5, 0.6) is 0 Å². The third kappa shape index (κ3) is 3.83. The van der Waals surface area contributed by atoms with Gasteiger partial charge in [0.25, 0.3) is 0 Å². The molecule has 0 saturated carbocycles. The Morgan fingerprint density at radius 2 is 1.78 bits per heavy atom. The van der Waals surface area contributed by atoms with Crippen molar-refractivity contribution in [2.45, 2.75) is 19.1 Å². The van der Waals surface area contributed by atoms with E-state index in [-0.39, 0.29) is 6.04 Å². The zero-order valence-electron chi connectivity index (χ0n) is 13.0. The summed E-state index contributed by atoms with van der Waals surface area (Å²) >= 11 is 0. The number of hydrogen-bond acceptors (Lipinski definition) is 4. The molecule has 3 rings (SSSR count). The topological polar surface area (TPSA) is 63.0 Å². The first kappa shape index (κ1) is 15.4. The number of aliphatic hydroxyl groups is 1. The lowest BCUT2D eigenvalue weighted by atomic mass is 10.1. The molecule has 0 aliphatic carbocycles. The largest absolute Gasteiger partial charge is 0.387 e. The molecule has 2 atom stereocenters. The van der Waals surface area contributed by atoms with Gasteiger partial charge in [-0.1, -0.05) is 42.5 Å². The summed E-state index contributed by atoms with van der Waals surface area (Å²) in [6.07, 6.45) is 2.68. The lowest BCUT2D eigenvalue weighted by molar-refractivity contribution is 0.171. The highest BCUT2D eigenvalue weighted by Crippen LogP contribution is 2.17. The summed E-state index contributed by atoms with van der Waals surface area (Å²) in [5.41, 5.74) is 3.06. The molecule has 1 aromatic heterocycles. The van der Waals surface area contributed by atoms with Gasteiger partial charge in [0, 0.05) is 12.6 Å². The van der Waals surface area contributed by atoms with Crippen LogP contribution in [0.3, 0.4) is 0 Å². The molecule has 3 aromatic rings. The van der Waals surface area contributed by atoms with E-state index in [4.69, 9.17) is 0 Å². The molecular formula is C18H20N4O. The van der Waals surface area contributed by atoms with Crippen molar-refractivity contribution in [1.29, 1.82) is 0 Å². The van der Waals surface area contributed by atoms with Gasteiger partial charge in [-0.3, -0.25) is 0 Å². The monoisotopic (exact) mass is 308 g/mol. The second kappa shape index (κ2) is 7.17. The van der Waals surface area contributed by atoms with Crippen LogP contribution >= 0.6 is 0 Å². The molecule has 23 heavy (non-hydrogen) atoms. The van der Waals surface area contributed by atoms with E-state index < -0.39 is 6.10 Å². The van der Waals surface area contributed by atoms with Crippen molar-refractivity contribution >= 4 is 0 Å². The van der Waals surface area contributed by atoms with E-state index in [0.29, 0.717) is 6.54 Å². The van der Waals surface area contributed by atoms with Crippen LogP contribution in [-0.2, 0) is 0 Å². The molecule has 0 radical (unpaired) electrons. The van der Waals surface area contributed by atoms with Crippen LogP contribution in [0.25, 0.3) is 5.69 Å². The summed E-state index contributed by atoms with van der Waals surface area (Å²) in [5.74, 6) is 0. The quantitative estimate of drug-likeness (QED) is 0.735. The fraction of sp³-hybridized carbons (Fsp3) is 0.222. The highest BCUT2D eigenvalue weighted by atomic mass is 16.3. The summed E-state index contributed by atoms with van der Waals surface area (Å²) < 4.78 is 1.72. The van der Waals surface area contributed by atoms with Gasteiger partial charge < -0.3 is 10.4 Å². The van der Waals surface area contributed by atoms with Gasteiger partial charge >= 0.3 is 0 Å². The normalized spacial score (nSPS) is 13.7. The third-order valence-electron chi connectivity index (χ3n) is 3.88. The van der Waals surface area contributed by atoms with Crippen molar-refractivity contribution in [3.63, 3.8) is 0 Å². The minimum atomic E-state index is -0.506. The van der Waals surface area contributed by atoms with Gasteiger partial charge in [0.1, 0.15) is 12.7 Å². The van der Waals surface area contributed by atoms with Crippen LogP contribution in [0.1, 0.15) is 30.2 Å². The van der Waals surface area contributed by atoms with Crippen LogP contribution in [0.15, 0.2) is 67.3 Å². The van der Waals surface area contributed by atoms with Crippen LogP contribution < -0.4 is 5.32 Å². The highest BCUT2D eigenvalue weighted by Gasteiger charge is 2.10. The predicted molar refractivity (Wildman–Crippen MR) is 89.2 cm³/mol. The molecule has 0 aliphatic heterocycles. The number of nitrogens with zero attached hydrogens (tertiary/aromatic N) is 3. The SMILES string of the molecule is C[C@H](NC[C@H](O)c1ccccc1)c1ccc(-n2cncn2)cc1. The Balaban J connectivity index is 1.59. The van der Waals surface area contributed by atoms with Crippen LogP contribution in [0.2, 0.25) is 0 Å². The molecule has 1 heterocycles. The Kier molecular flexibility index (Phi) is 4.80. The van der Waals surface area contributed by atoms with Crippen LogP contribution in [-0.4, -0.2) is 26.4 Å². The number of nitrogens with one attached hydrogen (secondary N) is 1. The molecule has 5 nitrogen and oxygen atoms in total. The summed E-state index contributed by atoms with van der Waals surface area (Å²) in [6, 6.07) is 18.0. The van der Waals surface area contributed by atoms with Crippen molar-refractivity contribution < 1.29 is 5.11 Å². The highest BCUT2D eigenvalue weighted by molar-refractivity contribution is 5.34. The van der Waals surface area contributed by atoms with Crippen LogP contribution in [0, 0.1) is 0 Å². The van der Waals surface area contributed by atoms with E-state index in [1.165, 1.54) is 6.33 Å². The van der Waals surface area contributed by atoms with E-state index >= 15 is 0 Å². The average molecular weight is 308 g/mol. The summed E-state index contributed by atoms with van der Waals surface area (Å²) in [5, 5.41) is 17.7. The van der Waals surface area contributed by atoms with Gasteiger partial charge in [0.15, 0.2) is 0 Å². The zero-order chi connectivity index (χ0) is 16.1. The Morgan fingerprint density at radius 1 is 1.04 bits per heavy atom. The first-order valence-electron chi connectivity index (χ1n) is 7.65. The second-order valence-corrected chi connectivity index (χ2v) is 5.49. The van der Waals surface area contributed by atoms with Gasteiger partial charge in [-0.05, 0) is 30.2 Å². The number of benzene rings is 2. The molecule has 0 spiro atoms. The van der Waals surface area contributed by atoms with Gasteiger partial charge in [-0.25, -0.2) is 9.67 Å². The van der Waals surface area contributed by atoms with E-state index in [1.54, 1.807) is 11.0 Å². The summed E-state index contributed by atoms with van der Waals surface area (Å²) in [4.78, 5) is 3.95. The lowest BCUT2D eigenvalue weighted by Crippen LogP contribution is -2.24. The number of aliphatic hydroxyl groups excluding tert-OH is 1. The fourth-order valence-corrected chi connectivity index (χ4v) is 2.46. The molecule has 5 heteroatoms. The maximum absolute atomic E-state index is 10.2. The molecule has 0 aliphatic rings. The Hall–Kier alpha value is -2.50. The maximum atomic E-state index is 10.2. The molecule has 0 bridgehead atoms. The molecule has 118 valence electrons. The van der Waals surface area contributed by atoms with Gasteiger partial charge in [0.05, 0.1) is 11.8 Å². The number of rotatable bonds is 6. The van der Waals surface area contributed by atoms with E-state index in [2.05, 4.69) is 34.5 Å². The summed E-state index contributed by atoms with van der Waals surface area (Å²) in [7, 11) is 0. The molecule has 0 saturated heterocycles. The lowest BCUT2D eigenvalue weighted by Gasteiger charge is -2.18. The molecule has 0 unspecified atom stereocenters. The molecular weight excluding hydrogens is 288 g/mol. The standard InChI is InChI=1S/C18H20N4O/c1-14(20-11-18(23)16-5-3-2-4-6-16)15-7-9-17(10-8-15)22-13-19-12-21-22/h2-10,12-14,18,20,23H,11H2,1H3/t14-,18-/m0/s1. The molecule has 0 fully saturated rings. The minimum Gasteiger partial charge on any atom is -0.387 e. The molecule has 2 N–H and O–H groups in total. The van der Waals surface area contributed by atoms with Crippen LogP contribution in [0.4, 0.5) is 0 Å². The Labute approximate surface area is 135 Å². The van der Waals surface area contributed by atoms with Crippen molar-refractivity contribution in [2.24, 2.45) is 0 Å². The Bertz CT molecular complexity index is 711. The first-order chi connectivity index (χ1) is 11.2. The fourth-order valence-electron chi connectivity index (χ4n) is 2.46. The van der Waals surface area contributed by atoms with Crippen molar-refractivity contribution in [3.05, 3.63) is 78.4 Å². The van der Waals surface area contributed by atoms with Gasteiger partial charge in [0.2, 0.25) is 0 Å². The summed E-state index contributed by atoms with van der Waals surface area (Å²) in [6.45, 7) is 2.60. The van der Waals surface area contributed by atoms with E-state index in [0.717, 1.165) is 16.8 Å². The molecule has 0 amide bonds. The number of hydrogen-bond donors (Lipinski definition) is 2. The van der Waals surface area contributed by atoms with Crippen molar-refractivity contribution in [3.8, 4) is 5.69 Å². The zero-order valence-corrected chi connectivity index (χ0v) is 13.0. The average Bonchev–Trinajstić information content (AvgIpc) is 3.15. The maximum Gasteiger partial charge on any atom is 0.138 e. The second-order valence-electron chi connectivity index (χ2n) is 5.49. The number of aromatic nitrogens is 3. The van der Waals surface area contributed by atoms with Gasteiger partial charge in [-0.15, -0.1) is 0 Å². The van der Waals surface area contributed by atoms with Crippen molar-refractivity contribution in [2.75, 3.05) is 6.54 Å². The van der Waals surface area contributed by atoms with E-state index in [9.17, 15) is 5.11 Å². The predicted octanol–water partition coefficient (Wildman–Crippen LogP) is 2.65. The first-order valence-corrected chi connectivity index (χ1v) is 7.65. The van der Waals surface area contributed by atoms with Crippen molar-refractivity contribution in [1.82, 2.24) is 20.1 Å². The molecule has 2 aromatic carbocycles. The smallest absolute Gasteiger partial charge is 0.138 e. The Morgan fingerprint density at radius 3 is 2.43 bits per heavy atom. The third-order valence-corrected chi connectivity index (χ3v) is 3.88. The minimum absolute atomic E-state index is 0.151. The van der Waals surface area contributed by atoms with E-state index in [1.807, 2.05) is 42.5 Å². The van der Waals surface area contributed by atoms with Gasteiger partial charge in [-0.2, -0.15) is 5.10 Å².